The van der Waals surface area contributed by atoms with E-state index in [0.29, 0.717) is 11.3 Å². The average molecular weight is 450 g/mol. The van der Waals surface area contributed by atoms with Gasteiger partial charge in [0.1, 0.15) is 12.1 Å². The van der Waals surface area contributed by atoms with Gasteiger partial charge in [-0.1, -0.05) is 54.1 Å². The second-order valence-corrected chi connectivity index (χ2v) is 8.12. The SMILES string of the molecule is Cc1ccc(NC(=O)Cn2cc(C=C3C(=O)NN(c4ccccc4)C3=O)c3ccccc32)cc1. The molecular weight excluding hydrogens is 428 g/mol. The van der Waals surface area contributed by atoms with Gasteiger partial charge < -0.3 is 9.88 Å². The van der Waals surface area contributed by atoms with Crippen molar-refractivity contribution < 1.29 is 14.4 Å². The minimum atomic E-state index is -0.470. The smallest absolute Gasteiger partial charge is 0.282 e. The van der Waals surface area contributed by atoms with Crippen molar-refractivity contribution in [3.05, 3.63) is 102 Å². The molecule has 34 heavy (non-hydrogen) atoms. The zero-order chi connectivity index (χ0) is 23.7. The van der Waals surface area contributed by atoms with Crippen LogP contribution in [-0.4, -0.2) is 22.3 Å². The van der Waals surface area contributed by atoms with Crippen LogP contribution in [-0.2, 0) is 20.9 Å². The summed E-state index contributed by atoms with van der Waals surface area (Å²) in [6, 6.07) is 24.1. The number of rotatable bonds is 5. The number of aromatic nitrogens is 1. The number of nitrogens with zero attached hydrogens (tertiary/aromatic N) is 2. The van der Waals surface area contributed by atoms with E-state index >= 15 is 0 Å². The number of para-hydroxylation sites is 2. The van der Waals surface area contributed by atoms with Gasteiger partial charge in [-0.05, 0) is 43.3 Å². The highest BCUT2D eigenvalue weighted by Crippen LogP contribution is 2.26. The lowest BCUT2D eigenvalue weighted by Gasteiger charge is -2.13. The topological polar surface area (TPSA) is 83.4 Å². The Kier molecular flexibility index (Phi) is 5.43. The van der Waals surface area contributed by atoms with E-state index in [2.05, 4.69) is 10.7 Å². The standard InChI is InChI=1S/C27H22N4O3/c1-18-11-13-20(14-12-18)28-25(32)17-30-16-19(22-9-5-6-10-24(22)30)15-23-26(33)29-31(27(23)34)21-7-3-2-4-8-21/h2-16H,17H2,1H3,(H,28,32)(H,29,33). The third-order valence-electron chi connectivity index (χ3n) is 5.67. The molecule has 1 aliphatic heterocycles. The second-order valence-electron chi connectivity index (χ2n) is 8.12. The molecule has 168 valence electrons. The number of aryl methyl sites for hydroxylation is 1. The van der Waals surface area contributed by atoms with Crippen LogP contribution in [0.4, 0.5) is 11.4 Å². The average Bonchev–Trinajstić information content (AvgIpc) is 3.33. The Bertz CT molecular complexity index is 1440. The van der Waals surface area contributed by atoms with Crippen molar-refractivity contribution in [1.82, 2.24) is 9.99 Å². The molecule has 2 N–H and O–H groups in total. The third-order valence-corrected chi connectivity index (χ3v) is 5.67. The van der Waals surface area contributed by atoms with Gasteiger partial charge in [-0.15, -0.1) is 0 Å². The Morgan fingerprint density at radius 1 is 0.941 bits per heavy atom. The van der Waals surface area contributed by atoms with Crippen molar-refractivity contribution in [2.24, 2.45) is 0 Å². The molecule has 0 spiro atoms. The lowest BCUT2D eigenvalue weighted by Crippen LogP contribution is -2.35. The van der Waals surface area contributed by atoms with Crippen LogP contribution >= 0.6 is 0 Å². The number of amides is 3. The summed E-state index contributed by atoms with van der Waals surface area (Å²) in [7, 11) is 0. The van der Waals surface area contributed by atoms with Crippen LogP contribution in [0.15, 0.2) is 90.6 Å². The van der Waals surface area contributed by atoms with E-state index in [9.17, 15) is 14.4 Å². The number of anilines is 2. The minimum absolute atomic E-state index is 0.0378. The number of hydrogen-bond acceptors (Lipinski definition) is 3. The summed E-state index contributed by atoms with van der Waals surface area (Å²) in [6.45, 7) is 2.08. The van der Waals surface area contributed by atoms with Crippen LogP contribution in [0.25, 0.3) is 17.0 Å². The highest BCUT2D eigenvalue weighted by atomic mass is 16.2. The van der Waals surface area contributed by atoms with Crippen LogP contribution in [0, 0.1) is 6.92 Å². The van der Waals surface area contributed by atoms with Gasteiger partial charge in [-0.2, -0.15) is 0 Å². The first-order chi connectivity index (χ1) is 16.5. The first kappa shape index (κ1) is 21.2. The molecule has 3 aromatic carbocycles. The van der Waals surface area contributed by atoms with Crippen LogP contribution in [0.5, 0.6) is 0 Å². The molecule has 1 fully saturated rings. The fraction of sp³-hybridized carbons (Fsp3) is 0.0741. The van der Waals surface area contributed by atoms with Crippen molar-refractivity contribution in [2.75, 3.05) is 10.3 Å². The fourth-order valence-corrected chi connectivity index (χ4v) is 3.98. The first-order valence-electron chi connectivity index (χ1n) is 10.9. The fourth-order valence-electron chi connectivity index (χ4n) is 3.98. The van der Waals surface area contributed by atoms with Crippen LogP contribution in [0.3, 0.4) is 0 Å². The van der Waals surface area contributed by atoms with Gasteiger partial charge in [0, 0.05) is 28.4 Å². The number of fused-ring (bicyclic) bond motifs is 1. The van der Waals surface area contributed by atoms with Crippen LogP contribution in [0.1, 0.15) is 11.1 Å². The number of hydrogen-bond donors (Lipinski definition) is 2. The minimum Gasteiger partial charge on any atom is -0.337 e. The van der Waals surface area contributed by atoms with Crippen molar-refractivity contribution in [3.8, 4) is 0 Å². The van der Waals surface area contributed by atoms with E-state index in [1.807, 2.05) is 66.1 Å². The van der Waals surface area contributed by atoms with Crippen molar-refractivity contribution in [2.45, 2.75) is 13.5 Å². The van der Waals surface area contributed by atoms with E-state index in [1.165, 1.54) is 5.01 Å². The van der Waals surface area contributed by atoms with Gasteiger partial charge in [0.25, 0.3) is 11.8 Å². The molecule has 0 unspecified atom stereocenters. The molecule has 7 heteroatoms. The summed E-state index contributed by atoms with van der Waals surface area (Å²) in [5, 5.41) is 4.99. The van der Waals surface area contributed by atoms with Crippen molar-refractivity contribution in [3.63, 3.8) is 0 Å². The maximum atomic E-state index is 13.0. The molecule has 5 rings (SSSR count). The summed E-state index contributed by atoms with van der Waals surface area (Å²) < 4.78 is 1.82. The highest BCUT2D eigenvalue weighted by Gasteiger charge is 2.34. The Morgan fingerprint density at radius 3 is 2.41 bits per heavy atom. The van der Waals surface area contributed by atoms with Gasteiger partial charge in [0.05, 0.1) is 5.69 Å². The molecule has 0 saturated carbocycles. The normalized spacial score (nSPS) is 14.6. The number of benzene rings is 3. The molecule has 7 nitrogen and oxygen atoms in total. The Morgan fingerprint density at radius 2 is 1.65 bits per heavy atom. The molecule has 3 amide bonds. The number of carbonyl (C=O) groups excluding carboxylic acids is 3. The Hall–Kier alpha value is -4.65. The molecule has 0 aliphatic carbocycles. The molecule has 4 aromatic rings. The summed E-state index contributed by atoms with van der Waals surface area (Å²) in [5.74, 6) is -1.07. The number of carbonyl (C=O) groups is 3. The van der Waals surface area contributed by atoms with E-state index < -0.39 is 11.8 Å². The molecule has 0 bridgehead atoms. The van der Waals surface area contributed by atoms with Gasteiger partial charge >= 0.3 is 0 Å². The van der Waals surface area contributed by atoms with E-state index in [0.717, 1.165) is 22.2 Å². The van der Waals surface area contributed by atoms with Gasteiger partial charge in [0.2, 0.25) is 5.91 Å². The summed E-state index contributed by atoms with van der Waals surface area (Å²) >= 11 is 0. The lowest BCUT2D eigenvalue weighted by atomic mass is 10.1. The monoisotopic (exact) mass is 450 g/mol. The quantitative estimate of drug-likeness (QED) is 0.355. The molecule has 1 saturated heterocycles. The summed E-state index contributed by atoms with van der Waals surface area (Å²) in [6.07, 6.45) is 3.37. The maximum absolute atomic E-state index is 13.0. The summed E-state index contributed by atoms with van der Waals surface area (Å²) in [5.41, 5.74) is 6.59. The predicted octanol–water partition coefficient (Wildman–Crippen LogP) is 4.05. The molecule has 0 radical (unpaired) electrons. The van der Waals surface area contributed by atoms with Crippen LogP contribution < -0.4 is 15.8 Å². The number of hydrazine groups is 1. The van der Waals surface area contributed by atoms with Gasteiger partial charge in [0.15, 0.2) is 0 Å². The van der Waals surface area contributed by atoms with E-state index in [1.54, 1.807) is 36.5 Å². The zero-order valence-electron chi connectivity index (χ0n) is 18.5. The number of nitrogens with one attached hydrogen (secondary N) is 2. The Balaban J connectivity index is 1.44. The Labute approximate surface area is 196 Å². The van der Waals surface area contributed by atoms with E-state index in [4.69, 9.17) is 0 Å². The molecule has 2 heterocycles. The largest absolute Gasteiger partial charge is 0.337 e. The summed E-state index contributed by atoms with van der Waals surface area (Å²) in [4.78, 5) is 38.3. The second kappa shape index (κ2) is 8.71. The lowest BCUT2D eigenvalue weighted by molar-refractivity contribution is -0.118. The van der Waals surface area contributed by atoms with Crippen molar-refractivity contribution >= 4 is 46.1 Å². The predicted molar refractivity (Wildman–Crippen MR) is 132 cm³/mol. The molecule has 1 aliphatic rings. The molecular formula is C27H22N4O3. The first-order valence-corrected chi connectivity index (χ1v) is 10.9. The highest BCUT2D eigenvalue weighted by molar-refractivity contribution is 6.32. The van der Waals surface area contributed by atoms with E-state index in [-0.39, 0.29) is 18.0 Å². The van der Waals surface area contributed by atoms with Crippen LogP contribution in [0.2, 0.25) is 0 Å². The zero-order valence-corrected chi connectivity index (χ0v) is 18.5. The third kappa shape index (κ3) is 4.06. The molecule has 0 atom stereocenters. The van der Waals surface area contributed by atoms with Gasteiger partial charge in [-0.25, -0.2) is 5.01 Å². The molecule has 1 aromatic heterocycles. The maximum Gasteiger partial charge on any atom is 0.282 e. The van der Waals surface area contributed by atoms with Gasteiger partial charge in [-0.3, -0.25) is 19.8 Å². The van der Waals surface area contributed by atoms with Crippen molar-refractivity contribution in [1.29, 1.82) is 0 Å².